The van der Waals surface area contributed by atoms with Crippen molar-refractivity contribution in [2.24, 2.45) is 0 Å². The Balaban J connectivity index is 1.80. The lowest BCUT2D eigenvalue weighted by molar-refractivity contribution is 0.182. The fourth-order valence-corrected chi connectivity index (χ4v) is 2.20. The number of benzene rings is 1. The molecule has 0 spiro atoms. The number of nitrogens with one attached hydrogen (secondary N) is 1. The van der Waals surface area contributed by atoms with E-state index in [1.54, 1.807) is 0 Å². The molecule has 0 aromatic heterocycles. The van der Waals surface area contributed by atoms with Gasteiger partial charge in [0.25, 0.3) is 0 Å². The Morgan fingerprint density at radius 2 is 1.93 bits per heavy atom. The standard InChI is InChI=1S/C13H19NO/c1-10(15)6-7-14-13-8-11-4-2-3-5-12(11)9-13/h2-5,10,13-15H,6-9H2,1H3/t10-/m1/s1. The lowest BCUT2D eigenvalue weighted by Gasteiger charge is -2.12. The molecule has 0 fully saturated rings. The lowest BCUT2D eigenvalue weighted by Crippen LogP contribution is -2.31. The summed E-state index contributed by atoms with van der Waals surface area (Å²) >= 11 is 0. The molecule has 1 aromatic carbocycles. The minimum Gasteiger partial charge on any atom is -0.393 e. The molecule has 1 atom stereocenters. The van der Waals surface area contributed by atoms with Crippen molar-refractivity contribution in [3.8, 4) is 0 Å². The Kier molecular flexibility index (Phi) is 3.39. The first kappa shape index (κ1) is 10.7. The molecular formula is C13H19NO. The zero-order valence-corrected chi connectivity index (χ0v) is 9.24. The van der Waals surface area contributed by atoms with E-state index in [0.717, 1.165) is 25.8 Å². The average Bonchev–Trinajstić information content (AvgIpc) is 2.59. The molecule has 2 N–H and O–H groups in total. The number of aliphatic hydroxyl groups excluding tert-OH is 1. The van der Waals surface area contributed by atoms with Crippen LogP contribution in [-0.2, 0) is 12.8 Å². The molecule has 0 unspecified atom stereocenters. The van der Waals surface area contributed by atoms with E-state index in [1.807, 2.05) is 6.92 Å². The first-order chi connectivity index (χ1) is 7.25. The van der Waals surface area contributed by atoms with Gasteiger partial charge in [-0.3, -0.25) is 0 Å². The van der Waals surface area contributed by atoms with E-state index in [9.17, 15) is 0 Å². The summed E-state index contributed by atoms with van der Waals surface area (Å²) in [6.07, 6.45) is 2.92. The third kappa shape index (κ3) is 2.80. The smallest absolute Gasteiger partial charge is 0.0524 e. The van der Waals surface area contributed by atoms with E-state index in [1.165, 1.54) is 11.1 Å². The summed E-state index contributed by atoms with van der Waals surface area (Å²) in [4.78, 5) is 0. The second kappa shape index (κ2) is 4.77. The molecule has 2 heteroatoms. The maximum absolute atomic E-state index is 9.16. The molecule has 0 saturated carbocycles. The van der Waals surface area contributed by atoms with Crippen LogP contribution in [0.2, 0.25) is 0 Å². The van der Waals surface area contributed by atoms with Crippen LogP contribution in [-0.4, -0.2) is 23.8 Å². The summed E-state index contributed by atoms with van der Waals surface area (Å²) in [7, 11) is 0. The van der Waals surface area contributed by atoms with Crippen molar-refractivity contribution in [2.45, 2.75) is 38.3 Å². The van der Waals surface area contributed by atoms with Gasteiger partial charge in [-0.2, -0.15) is 0 Å². The molecule has 1 aromatic rings. The molecule has 1 aliphatic carbocycles. The number of aliphatic hydroxyl groups is 1. The molecule has 0 amide bonds. The maximum atomic E-state index is 9.16. The van der Waals surface area contributed by atoms with Gasteiger partial charge in [0.1, 0.15) is 0 Å². The average molecular weight is 205 g/mol. The van der Waals surface area contributed by atoms with Crippen LogP contribution in [0.5, 0.6) is 0 Å². The van der Waals surface area contributed by atoms with Gasteiger partial charge in [0, 0.05) is 6.04 Å². The van der Waals surface area contributed by atoms with E-state index in [2.05, 4.69) is 29.6 Å². The summed E-state index contributed by atoms with van der Waals surface area (Å²) in [6, 6.07) is 9.21. The molecule has 0 aliphatic heterocycles. The number of hydrogen-bond donors (Lipinski definition) is 2. The van der Waals surface area contributed by atoms with E-state index < -0.39 is 0 Å². The molecule has 1 aliphatic rings. The van der Waals surface area contributed by atoms with Crippen LogP contribution < -0.4 is 5.32 Å². The Bertz CT molecular complexity index is 297. The molecule has 82 valence electrons. The van der Waals surface area contributed by atoms with Crippen molar-refractivity contribution in [1.29, 1.82) is 0 Å². The number of rotatable bonds is 4. The van der Waals surface area contributed by atoms with Crippen molar-refractivity contribution in [3.63, 3.8) is 0 Å². The van der Waals surface area contributed by atoms with Gasteiger partial charge >= 0.3 is 0 Å². The van der Waals surface area contributed by atoms with Crippen molar-refractivity contribution in [3.05, 3.63) is 35.4 Å². The van der Waals surface area contributed by atoms with E-state index in [0.29, 0.717) is 6.04 Å². The molecule has 2 nitrogen and oxygen atoms in total. The molecule has 0 saturated heterocycles. The van der Waals surface area contributed by atoms with Crippen LogP contribution in [0.15, 0.2) is 24.3 Å². The van der Waals surface area contributed by atoms with Gasteiger partial charge in [-0.15, -0.1) is 0 Å². The van der Waals surface area contributed by atoms with Gasteiger partial charge in [-0.1, -0.05) is 24.3 Å². The zero-order valence-electron chi connectivity index (χ0n) is 9.24. The summed E-state index contributed by atoms with van der Waals surface area (Å²) in [5, 5.41) is 12.7. The monoisotopic (exact) mass is 205 g/mol. The molecule has 0 heterocycles. The van der Waals surface area contributed by atoms with Gasteiger partial charge in [-0.05, 0) is 43.9 Å². The highest BCUT2D eigenvalue weighted by molar-refractivity contribution is 5.33. The number of hydrogen-bond acceptors (Lipinski definition) is 2. The fraction of sp³-hybridized carbons (Fsp3) is 0.538. The second-order valence-electron chi connectivity index (χ2n) is 4.47. The highest BCUT2D eigenvalue weighted by Crippen LogP contribution is 2.21. The fourth-order valence-electron chi connectivity index (χ4n) is 2.20. The lowest BCUT2D eigenvalue weighted by atomic mass is 10.1. The third-order valence-electron chi connectivity index (χ3n) is 3.05. The molecular weight excluding hydrogens is 186 g/mol. The normalized spacial score (nSPS) is 17.7. The van der Waals surface area contributed by atoms with Gasteiger partial charge < -0.3 is 10.4 Å². The van der Waals surface area contributed by atoms with Crippen LogP contribution >= 0.6 is 0 Å². The Morgan fingerprint density at radius 3 is 2.47 bits per heavy atom. The van der Waals surface area contributed by atoms with E-state index >= 15 is 0 Å². The van der Waals surface area contributed by atoms with Crippen molar-refractivity contribution >= 4 is 0 Å². The quantitative estimate of drug-likeness (QED) is 0.781. The molecule has 15 heavy (non-hydrogen) atoms. The molecule has 0 radical (unpaired) electrons. The summed E-state index contributed by atoms with van der Waals surface area (Å²) in [5.41, 5.74) is 2.96. The summed E-state index contributed by atoms with van der Waals surface area (Å²) < 4.78 is 0. The summed E-state index contributed by atoms with van der Waals surface area (Å²) in [5.74, 6) is 0. The van der Waals surface area contributed by atoms with Crippen LogP contribution in [0.1, 0.15) is 24.5 Å². The zero-order chi connectivity index (χ0) is 10.7. The predicted octanol–water partition coefficient (Wildman–Crippen LogP) is 1.51. The van der Waals surface area contributed by atoms with Crippen molar-refractivity contribution < 1.29 is 5.11 Å². The number of fused-ring (bicyclic) bond motifs is 1. The van der Waals surface area contributed by atoms with Crippen LogP contribution in [0.3, 0.4) is 0 Å². The maximum Gasteiger partial charge on any atom is 0.0524 e. The van der Waals surface area contributed by atoms with E-state index in [4.69, 9.17) is 5.11 Å². The highest BCUT2D eigenvalue weighted by atomic mass is 16.3. The van der Waals surface area contributed by atoms with Crippen LogP contribution in [0, 0.1) is 0 Å². The first-order valence-electron chi connectivity index (χ1n) is 5.74. The van der Waals surface area contributed by atoms with Gasteiger partial charge in [0.2, 0.25) is 0 Å². The first-order valence-corrected chi connectivity index (χ1v) is 5.74. The molecule has 0 bridgehead atoms. The Labute approximate surface area is 91.3 Å². The van der Waals surface area contributed by atoms with Crippen molar-refractivity contribution in [1.82, 2.24) is 5.32 Å². The Hall–Kier alpha value is -0.860. The SMILES string of the molecule is C[C@@H](O)CCNC1Cc2ccccc2C1. The van der Waals surface area contributed by atoms with Gasteiger partial charge in [0.15, 0.2) is 0 Å². The van der Waals surface area contributed by atoms with Gasteiger partial charge in [-0.25, -0.2) is 0 Å². The van der Waals surface area contributed by atoms with Gasteiger partial charge in [0.05, 0.1) is 6.10 Å². The minimum atomic E-state index is -0.193. The minimum absolute atomic E-state index is 0.193. The predicted molar refractivity (Wildman–Crippen MR) is 61.9 cm³/mol. The van der Waals surface area contributed by atoms with E-state index in [-0.39, 0.29) is 6.10 Å². The third-order valence-corrected chi connectivity index (χ3v) is 3.05. The van der Waals surface area contributed by atoms with Crippen molar-refractivity contribution in [2.75, 3.05) is 6.54 Å². The van der Waals surface area contributed by atoms with Crippen LogP contribution in [0.4, 0.5) is 0 Å². The Morgan fingerprint density at radius 1 is 1.33 bits per heavy atom. The largest absolute Gasteiger partial charge is 0.393 e. The second-order valence-corrected chi connectivity index (χ2v) is 4.47. The molecule has 2 rings (SSSR count). The highest BCUT2D eigenvalue weighted by Gasteiger charge is 2.19. The summed E-state index contributed by atoms with van der Waals surface area (Å²) in [6.45, 7) is 2.75. The topological polar surface area (TPSA) is 32.3 Å². The van der Waals surface area contributed by atoms with Crippen LogP contribution in [0.25, 0.3) is 0 Å².